The number of aliphatic hydroxyl groups is 1. The Bertz CT molecular complexity index is 1430. The van der Waals surface area contributed by atoms with Crippen molar-refractivity contribution in [3.05, 3.63) is 88.1 Å². The van der Waals surface area contributed by atoms with Gasteiger partial charge in [0.25, 0.3) is 0 Å². The lowest BCUT2D eigenvalue weighted by Gasteiger charge is -2.36. The van der Waals surface area contributed by atoms with Crippen molar-refractivity contribution in [1.29, 1.82) is 0 Å². The number of aromatic nitrogens is 2. The number of carbonyl (C=O) groups is 2. The van der Waals surface area contributed by atoms with Crippen LogP contribution in [0.1, 0.15) is 54.5 Å². The Morgan fingerprint density at radius 2 is 1.90 bits per heavy atom. The molecule has 8 nitrogen and oxygen atoms in total. The minimum atomic E-state index is -0.802. The third-order valence-electron chi connectivity index (χ3n) is 8.58. The molecule has 1 saturated heterocycles. The van der Waals surface area contributed by atoms with Gasteiger partial charge in [-0.15, -0.1) is 0 Å². The molecular formula is C32H37ClFN5O3. The summed E-state index contributed by atoms with van der Waals surface area (Å²) >= 11 is 5.90. The molecule has 5 rings (SSSR count). The lowest BCUT2D eigenvalue weighted by molar-refractivity contribution is -0.121. The van der Waals surface area contributed by atoms with Crippen LogP contribution in [0.3, 0.4) is 0 Å². The van der Waals surface area contributed by atoms with Gasteiger partial charge in [-0.3, -0.25) is 15.1 Å². The molecule has 3 aromatic rings. The molecule has 2 fully saturated rings. The summed E-state index contributed by atoms with van der Waals surface area (Å²) in [6.45, 7) is 2.00. The summed E-state index contributed by atoms with van der Waals surface area (Å²) in [7, 11) is 1.91. The van der Waals surface area contributed by atoms with Gasteiger partial charge in [-0.25, -0.2) is 14.2 Å². The SMILES string of the molecule is CNC(CCC1CC1)(c1ccnc(C)c1)c1ccc(F)c(CC(=O)[C@H]2C[C@@H](CO)CN2C(=O)Nc2ccc(Cl)cn2)c1. The van der Waals surface area contributed by atoms with Crippen LogP contribution in [-0.2, 0) is 16.8 Å². The van der Waals surface area contributed by atoms with E-state index in [1.165, 1.54) is 30.0 Å². The minimum Gasteiger partial charge on any atom is -0.396 e. The highest BCUT2D eigenvalue weighted by Crippen LogP contribution is 2.41. The zero-order valence-corrected chi connectivity index (χ0v) is 24.7. The van der Waals surface area contributed by atoms with Gasteiger partial charge in [-0.1, -0.05) is 36.6 Å². The number of hydrogen-bond donors (Lipinski definition) is 3. The van der Waals surface area contributed by atoms with Crippen LogP contribution in [0.25, 0.3) is 0 Å². The number of nitrogens with zero attached hydrogens (tertiary/aromatic N) is 3. The smallest absolute Gasteiger partial charge is 0.323 e. The Hall–Kier alpha value is -3.40. The van der Waals surface area contributed by atoms with E-state index in [4.69, 9.17) is 11.6 Å². The first kappa shape index (κ1) is 30.1. The van der Waals surface area contributed by atoms with Crippen LogP contribution >= 0.6 is 11.6 Å². The first-order valence-corrected chi connectivity index (χ1v) is 14.8. The van der Waals surface area contributed by atoms with Crippen LogP contribution in [-0.4, -0.2) is 58.0 Å². The zero-order valence-electron chi connectivity index (χ0n) is 23.9. The summed E-state index contributed by atoms with van der Waals surface area (Å²) in [5, 5.41) is 16.5. The molecule has 3 heterocycles. The van der Waals surface area contributed by atoms with Crippen molar-refractivity contribution >= 4 is 29.2 Å². The molecule has 1 aromatic carbocycles. The van der Waals surface area contributed by atoms with Gasteiger partial charge in [0, 0.05) is 43.6 Å². The third-order valence-corrected chi connectivity index (χ3v) is 8.81. The maximum atomic E-state index is 15.3. The Morgan fingerprint density at radius 3 is 2.57 bits per heavy atom. The lowest BCUT2D eigenvalue weighted by atomic mass is 9.78. The monoisotopic (exact) mass is 593 g/mol. The number of halogens is 2. The van der Waals surface area contributed by atoms with E-state index >= 15 is 4.39 Å². The van der Waals surface area contributed by atoms with Crippen molar-refractivity contribution in [2.24, 2.45) is 11.8 Å². The third kappa shape index (κ3) is 6.64. The van der Waals surface area contributed by atoms with E-state index in [-0.39, 0.29) is 36.8 Å². The Morgan fingerprint density at radius 1 is 1.12 bits per heavy atom. The normalized spacial score (nSPS) is 19.9. The average molecular weight is 594 g/mol. The number of carbonyl (C=O) groups excluding carboxylic acids is 2. The second kappa shape index (κ2) is 12.9. The van der Waals surface area contributed by atoms with Gasteiger partial charge in [0.05, 0.1) is 16.6 Å². The quantitative estimate of drug-likeness (QED) is 0.280. The number of urea groups is 1. The maximum Gasteiger partial charge on any atom is 0.323 e. The maximum absolute atomic E-state index is 15.3. The molecule has 2 aromatic heterocycles. The summed E-state index contributed by atoms with van der Waals surface area (Å²) in [6.07, 6.45) is 7.64. The van der Waals surface area contributed by atoms with E-state index in [1.807, 2.05) is 20.0 Å². The number of hydrogen-bond acceptors (Lipinski definition) is 6. The molecule has 0 radical (unpaired) electrons. The number of Topliss-reactive ketones (excluding diaryl/α,β-unsaturated/α-hetero) is 1. The van der Waals surface area contributed by atoms with E-state index in [0.29, 0.717) is 23.2 Å². The molecule has 2 amide bonds. The summed E-state index contributed by atoms with van der Waals surface area (Å²) in [6, 6.07) is 10.9. The fraction of sp³-hybridized carbons (Fsp3) is 0.438. The number of benzene rings is 1. The van der Waals surface area contributed by atoms with Crippen LogP contribution in [0, 0.1) is 24.6 Å². The topological polar surface area (TPSA) is 107 Å². The van der Waals surface area contributed by atoms with Crippen molar-refractivity contribution in [1.82, 2.24) is 20.2 Å². The molecule has 222 valence electrons. The molecule has 1 unspecified atom stereocenters. The van der Waals surface area contributed by atoms with Crippen LogP contribution in [0.15, 0.2) is 54.9 Å². The second-order valence-corrected chi connectivity index (χ2v) is 12.0. The predicted molar refractivity (Wildman–Crippen MR) is 160 cm³/mol. The number of likely N-dealkylation sites (tertiary alicyclic amines) is 1. The fourth-order valence-corrected chi connectivity index (χ4v) is 6.12. The van der Waals surface area contributed by atoms with Crippen LogP contribution in [0.5, 0.6) is 0 Å². The number of aliphatic hydroxyl groups excluding tert-OH is 1. The minimum absolute atomic E-state index is 0.159. The number of anilines is 1. The van der Waals surface area contributed by atoms with Crippen molar-refractivity contribution in [2.75, 3.05) is 25.5 Å². The molecule has 3 N–H and O–H groups in total. The molecule has 0 spiro atoms. The molecule has 1 saturated carbocycles. The molecule has 0 bridgehead atoms. The van der Waals surface area contributed by atoms with E-state index in [1.54, 1.807) is 30.5 Å². The average Bonchev–Trinajstić information content (AvgIpc) is 3.71. The molecule has 1 aliphatic heterocycles. The molecule has 1 aliphatic carbocycles. The lowest BCUT2D eigenvalue weighted by Crippen LogP contribution is -2.44. The summed E-state index contributed by atoms with van der Waals surface area (Å²) in [5.41, 5.74) is 2.52. The number of ketones is 1. The number of nitrogens with one attached hydrogen (secondary N) is 2. The van der Waals surface area contributed by atoms with Gasteiger partial charge in [0.15, 0.2) is 5.78 Å². The first-order valence-electron chi connectivity index (χ1n) is 14.5. The molecular weight excluding hydrogens is 557 g/mol. The van der Waals surface area contributed by atoms with E-state index in [9.17, 15) is 14.7 Å². The van der Waals surface area contributed by atoms with Gasteiger partial charge >= 0.3 is 6.03 Å². The summed E-state index contributed by atoms with van der Waals surface area (Å²) in [5.74, 6) is -0.0161. The highest BCUT2D eigenvalue weighted by molar-refractivity contribution is 6.30. The number of rotatable bonds is 11. The number of amides is 2. The van der Waals surface area contributed by atoms with E-state index in [2.05, 4.69) is 26.7 Å². The summed E-state index contributed by atoms with van der Waals surface area (Å²) < 4.78 is 15.3. The van der Waals surface area contributed by atoms with Crippen molar-refractivity contribution in [3.63, 3.8) is 0 Å². The van der Waals surface area contributed by atoms with Crippen LogP contribution < -0.4 is 10.6 Å². The largest absolute Gasteiger partial charge is 0.396 e. The molecule has 10 heteroatoms. The van der Waals surface area contributed by atoms with Crippen molar-refractivity contribution < 1.29 is 19.1 Å². The Labute approximate surface area is 250 Å². The van der Waals surface area contributed by atoms with Crippen molar-refractivity contribution in [2.45, 2.75) is 57.0 Å². The van der Waals surface area contributed by atoms with Crippen LogP contribution in [0.2, 0.25) is 5.02 Å². The molecule has 3 atom stereocenters. The van der Waals surface area contributed by atoms with Gasteiger partial charge in [-0.05, 0) is 86.2 Å². The Kier molecular flexibility index (Phi) is 9.20. The predicted octanol–water partition coefficient (Wildman–Crippen LogP) is 5.26. The fourth-order valence-electron chi connectivity index (χ4n) is 6.00. The van der Waals surface area contributed by atoms with Gasteiger partial charge in [-0.2, -0.15) is 0 Å². The molecule has 42 heavy (non-hydrogen) atoms. The second-order valence-electron chi connectivity index (χ2n) is 11.5. The first-order chi connectivity index (χ1) is 20.2. The van der Waals surface area contributed by atoms with Crippen molar-refractivity contribution in [3.8, 4) is 0 Å². The summed E-state index contributed by atoms with van der Waals surface area (Å²) in [4.78, 5) is 36.7. The Balaban J connectivity index is 1.40. The van der Waals surface area contributed by atoms with Gasteiger partial charge in [0.1, 0.15) is 11.6 Å². The molecule has 2 aliphatic rings. The number of aryl methyl sites for hydroxylation is 1. The van der Waals surface area contributed by atoms with E-state index in [0.717, 1.165) is 29.7 Å². The van der Waals surface area contributed by atoms with Crippen LogP contribution in [0.4, 0.5) is 15.0 Å². The highest BCUT2D eigenvalue weighted by Gasteiger charge is 2.40. The standard InChI is InChI=1S/C32H37ClFN5O3/c1-20-13-25(10-12-36-20)32(35-2,11-9-21-3-4-21)24-5-7-27(34)23(15-24)16-29(41)28-14-22(19-40)18-39(28)31(42)38-30-8-6-26(33)17-37-30/h5-8,10,12-13,15,17,21-22,28,35,40H,3-4,9,11,14,16,18-19H2,1-2H3,(H,37,38,42)/t22-,28-,32?/m1/s1. The highest BCUT2D eigenvalue weighted by atomic mass is 35.5. The van der Waals surface area contributed by atoms with E-state index < -0.39 is 23.4 Å². The van der Waals surface area contributed by atoms with Gasteiger partial charge < -0.3 is 15.3 Å². The number of pyridine rings is 2. The van der Waals surface area contributed by atoms with Gasteiger partial charge in [0.2, 0.25) is 0 Å². The zero-order chi connectivity index (χ0) is 29.9.